The zero-order valence-corrected chi connectivity index (χ0v) is 16.3. The highest BCUT2D eigenvalue weighted by atomic mass is 16.3. The van der Waals surface area contributed by atoms with Crippen molar-refractivity contribution in [2.45, 2.75) is 92.1 Å². The maximum atomic E-state index is 10.3. The number of carbonyl (C=O) groups is 3. The topological polar surface area (TPSA) is 71.4 Å². The summed E-state index contributed by atoms with van der Waals surface area (Å²) in [6, 6.07) is 0. The molecular weight excluding hydrogens is 304 g/mol. The molecule has 2 unspecified atom stereocenters. The third-order valence-corrected chi connectivity index (χ3v) is 3.39. The van der Waals surface area contributed by atoms with Gasteiger partial charge in [-0.1, -0.05) is 53.5 Å². The summed E-state index contributed by atoms with van der Waals surface area (Å²) < 4.78 is 0. The lowest BCUT2D eigenvalue weighted by molar-refractivity contribution is -0.114. The van der Waals surface area contributed by atoms with Crippen LogP contribution in [0.15, 0.2) is 11.6 Å². The number of unbranched alkanes of at least 4 members (excludes halogenated alkanes) is 2. The first-order valence-electron chi connectivity index (χ1n) is 9.23. The van der Waals surface area contributed by atoms with E-state index >= 15 is 0 Å². The van der Waals surface area contributed by atoms with Crippen LogP contribution in [0.5, 0.6) is 0 Å². The molecule has 4 nitrogen and oxygen atoms in total. The molecule has 0 aliphatic rings. The molecule has 1 N–H and O–H groups in total. The monoisotopic (exact) mass is 342 g/mol. The largest absolute Gasteiger partial charge is 0.392 e. The van der Waals surface area contributed by atoms with Crippen molar-refractivity contribution >= 4 is 18.9 Å². The average molecular weight is 343 g/mol. The van der Waals surface area contributed by atoms with E-state index in [2.05, 4.69) is 6.92 Å². The zero-order chi connectivity index (χ0) is 19.2. The van der Waals surface area contributed by atoms with E-state index < -0.39 is 6.10 Å². The van der Waals surface area contributed by atoms with Crippen molar-refractivity contribution in [2.75, 3.05) is 0 Å². The van der Waals surface area contributed by atoms with Gasteiger partial charge in [0.25, 0.3) is 0 Å². The Balaban J connectivity index is -0.000000291. The lowest BCUT2D eigenvalue weighted by Gasteiger charge is -2.13. The summed E-state index contributed by atoms with van der Waals surface area (Å²) in [5, 5.41) is 9.28. The maximum absolute atomic E-state index is 10.3. The van der Waals surface area contributed by atoms with Crippen LogP contribution in [-0.2, 0) is 14.4 Å². The predicted molar refractivity (Wildman–Crippen MR) is 101 cm³/mol. The number of hydrogen-bond acceptors (Lipinski definition) is 4. The van der Waals surface area contributed by atoms with Crippen LogP contribution >= 0.6 is 0 Å². The van der Waals surface area contributed by atoms with Crippen LogP contribution in [0.1, 0.15) is 86.0 Å². The molecule has 4 heteroatoms. The minimum absolute atomic E-state index is 0.153. The third-order valence-electron chi connectivity index (χ3n) is 3.39. The molecule has 0 amide bonds. The van der Waals surface area contributed by atoms with Gasteiger partial charge in [-0.05, 0) is 37.7 Å². The van der Waals surface area contributed by atoms with Crippen LogP contribution in [0.3, 0.4) is 0 Å². The fraction of sp³-hybridized carbons (Fsp3) is 0.750. The summed E-state index contributed by atoms with van der Waals surface area (Å²) in [6.45, 7) is 10.00. The van der Waals surface area contributed by atoms with E-state index in [-0.39, 0.29) is 5.92 Å². The van der Waals surface area contributed by atoms with E-state index in [0.717, 1.165) is 69.4 Å². The zero-order valence-electron chi connectivity index (χ0n) is 16.3. The van der Waals surface area contributed by atoms with Crippen molar-refractivity contribution in [1.82, 2.24) is 0 Å². The molecule has 0 aliphatic heterocycles. The molecule has 0 fully saturated rings. The summed E-state index contributed by atoms with van der Waals surface area (Å²) in [7, 11) is 0. The second kappa shape index (κ2) is 24.0. The highest BCUT2D eigenvalue weighted by molar-refractivity contribution is 5.72. The summed E-state index contributed by atoms with van der Waals surface area (Å²) in [5.74, 6) is -0.153. The van der Waals surface area contributed by atoms with Gasteiger partial charge in [-0.2, -0.15) is 0 Å². The lowest BCUT2D eigenvalue weighted by atomic mass is 9.98. The van der Waals surface area contributed by atoms with E-state index in [0.29, 0.717) is 6.42 Å². The highest BCUT2D eigenvalue weighted by Gasteiger charge is 2.14. The molecule has 0 rings (SSSR count). The van der Waals surface area contributed by atoms with Crippen LogP contribution in [0.2, 0.25) is 0 Å². The molecule has 0 aromatic rings. The minimum atomic E-state index is -0.424. The first-order valence-corrected chi connectivity index (χ1v) is 9.23. The van der Waals surface area contributed by atoms with Gasteiger partial charge in [-0.15, -0.1) is 0 Å². The van der Waals surface area contributed by atoms with E-state index in [1.807, 2.05) is 33.8 Å². The molecule has 0 bridgehead atoms. The molecular formula is C20H38O4. The Morgan fingerprint density at radius 3 is 1.75 bits per heavy atom. The number of allylic oxidation sites excluding steroid dienone is 2. The Morgan fingerprint density at radius 2 is 1.50 bits per heavy atom. The van der Waals surface area contributed by atoms with Gasteiger partial charge in [-0.3, -0.25) is 4.79 Å². The Hall–Kier alpha value is -1.29. The van der Waals surface area contributed by atoms with Crippen LogP contribution < -0.4 is 0 Å². The molecule has 0 spiro atoms. The molecule has 142 valence electrons. The second-order valence-corrected chi connectivity index (χ2v) is 5.56. The Morgan fingerprint density at radius 1 is 0.917 bits per heavy atom. The number of aliphatic hydroxyl groups excluding tert-OH is 1. The Bertz CT molecular complexity index is 311. The Labute approximate surface area is 148 Å². The van der Waals surface area contributed by atoms with Crippen molar-refractivity contribution in [2.24, 2.45) is 5.92 Å². The molecule has 0 saturated heterocycles. The van der Waals surface area contributed by atoms with E-state index in [1.165, 1.54) is 0 Å². The second-order valence-electron chi connectivity index (χ2n) is 5.56. The summed E-state index contributed by atoms with van der Waals surface area (Å²) >= 11 is 0. The smallest absolute Gasteiger partial charge is 0.145 e. The maximum Gasteiger partial charge on any atom is 0.145 e. The summed E-state index contributed by atoms with van der Waals surface area (Å²) in [4.78, 5) is 29.9. The quantitative estimate of drug-likeness (QED) is 0.437. The van der Waals surface area contributed by atoms with E-state index in [9.17, 15) is 19.5 Å². The summed E-state index contributed by atoms with van der Waals surface area (Å²) in [5.41, 5.74) is 0.928. The number of aliphatic hydroxyl groups is 1. The molecule has 0 saturated carbocycles. The van der Waals surface area contributed by atoms with E-state index in [1.54, 1.807) is 0 Å². The summed E-state index contributed by atoms with van der Waals surface area (Å²) in [6.07, 6.45) is 11.4. The van der Waals surface area contributed by atoms with E-state index in [4.69, 9.17) is 0 Å². The standard InChI is InChI=1S/C8H16O2.C8H14O.C4H8O/c1-3-5-8(10)7(4-2)6-9;1-3-5-6-8(4-2)7-9;1-2-3-4-5/h6-8,10H,3-5H2,1-2H3;6-7H,3-5H2,1-2H3;4H,2-3H2,1H3. The van der Waals surface area contributed by atoms with Gasteiger partial charge < -0.3 is 14.7 Å². The SMILES string of the molecule is CCCC(O)C(C=O)CC.CCCC=C(C=O)CC.CCCC=O. The highest BCUT2D eigenvalue weighted by Crippen LogP contribution is 2.10. The van der Waals surface area contributed by atoms with Crippen LogP contribution in [-0.4, -0.2) is 30.1 Å². The third kappa shape index (κ3) is 20.7. The normalized spacial score (nSPS) is 12.7. The first kappa shape index (κ1) is 27.6. The molecule has 0 aromatic carbocycles. The van der Waals surface area contributed by atoms with Gasteiger partial charge in [0.05, 0.1) is 6.10 Å². The molecule has 0 aromatic heterocycles. The van der Waals surface area contributed by atoms with Crippen molar-refractivity contribution in [3.8, 4) is 0 Å². The van der Waals surface area contributed by atoms with Gasteiger partial charge in [0, 0.05) is 12.3 Å². The van der Waals surface area contributed by atoms with Crippen LogP contribution in [0, 0.1) is 5.92 Å². The fourth-order valence-electron chi connectivity index (χ4n) is 1.69. The number of rotatable bonds is 11. The van der Waals surface area contributed by atoms with Gasteiger partial charge in [0.15, 0.2) is 0 Å². The molecule has 0 heterocycles. The molecule has 24 heavy (non-hydrogen) atoms. The molecule has 0 radical (unpaired) electrons. The first-order chi connectivity index (χ1) is 11.5. The Kier molecular flexibility index (Phi) is 27.5. The van der Waals surface area contributed by atoms with Crippen LogP contribution in [0.4, 0.5) is 0 Å². The number of carbonyl (C=O) groups excluding carboxylic acids is 3. The van der Waals surface area contributed by atoms with Crippen molar-refractivity contribution in [1.29, 1.82) is 0 Å². The average Bonchev–Trinajstić information content (AvgIpc) is 2.59. The van der Waals surface area contributed by atoms with Crippen molar-refractivity contribution < 1.29 is 19.5 Å². The number of hydrogen-bond donors (Lipinski definition) is 1. The van der Waals surface area contributed by atoms with Crippen molar-refractivity contribution in [3.63, 3.8) is 0 Å². The molecule has 0 aliphatic carbocycles. The molecule has 2 atom stereocenters. The minimum Gasteiger partial charge on any atom is -0.392 e. The van der Waals surface area contributed by atoms with Gasteiger partial charge in [0.1, 0.15) is 18.9 Å². The van der Waals surface area contributed by atoms with Gasteiger partial charge >= 0.3 is 0 Å². The van der Waals surface area contributed by atoms with Crippen molar-refractivity contribution in [3.05, 3.63) is 11.6 Å². The lowest BCUT2D eigenvalue weighted by Crippen LogP contribution is -2.20. The van der Waals surface area contributed by atoms with Gasteiger partial charge in [0.2, 0.25) is 0 Å². The van der Waals surface area contributed by atoms with Gasteiger partial charge in [-0.25, -0.2) is 0 Å². The van der Waals surface area contributed by atoms with Crippen LogP contribution in [0.25, 0.3) is 0 Å². The number of aldehydes is 3. The predicted octanol–water partition coefficient (Wildman–Crippen LogP) is 4.68. The fourth-order valence-corrected chi connectivity index (χ4v) is 1.69.